The number of likely N-dealkylation sites (tertiary alicyclic amines) is 1. The molecule has 2 fully saturated rings. The Morgan fingerprint density at radius 3 is 2.18 bits per heavy atom. The smallest absolute Gasteiger partial charge is 0.310 e. The van der Waals surface area contributed by atoms with Crippen LogP contribution in [-0.2, 0) is 9.59 Å². The largest absolute Gasteiger partial charge is 0.481 e. The third kappa shape index (κ3) is 2.29. The summed E-state index contributed by atoms with van der Waals surface area (Å²) >= 11 is 0. The molecule has 2 N–H and O–H groups in total. The van der Waals surface area contributed by atoms with Crippen LogP contribution >= 0.6 is 0 Å². The average molecular weight is 241 g/mol. The molecule has 0 aromatic carbocycles. The Morgan fingerprint density at radius 1 is 1.24 bits per heavy atom. The molecule has 0 spiro atoms. The number of rotatable bonds is 3. The van der Waals surface area contributed by atoms with Gasteiger partial charge >= 0.3 is 5.97 Å². The first kappa shape index (κ1) is 12.4. The Hall–Kier alpha value is -1.10. The van der Waals surface area contributed by atoms with E-state index in [1.165, 1.54) is 0 Å². The first-order chi connectivity index (χ1) is 7.85. The molecule has 1 aliphatic heterocycles. The lowest BCUT2D eigenvalue weighted by Crippen LogP contribution is -2.62. The fraction of sp³-hybridized carbons (Fsp3) is 0.833. The fourth-order valence-corrected chi connectivity index (χ4v) is 2.87. The second-order valence-electron chi connectivity index (χ2n) is 5.72. The maximum absolute atomic E-state index is 11.9. The standard InChI is InChI=1S/C12H19NO4/c1-11(17)7-13(8-11)9(14)6-12(10(15)16)4-2-3-5-12/h17H,2-8H2,1H3,(H,15,16). The van der Waals surface area contributed by atoms with E-state index in [-0.39, 0.29) is 12.3 Å². The minimum atomic E-state index is -0.851. The summed E-state index contributed by atoms with van der Waals surface area (Å²) in [6, 6.07) is 0. The van der Waals surface area contributed by atoms with Crippen molar-refractivity contribution >= 4 is 11.9 Å². The molecule has 1 heterocycles. The van der Waals surface area contributed by atoms with Crippen molar-refractivity contribution in [3.05, 3.63) is 0 Å². The van der Waals surface area contributed by atoms with E-state index in [0.29, 0.717) is 25.9 Å². The van der Waals surface area contributed by atoms with Crippen molar-refractivity contribution in [3.8, 4) is 0 Å². The van der Waals surface area contributed by atoms with Gasteiger partial charge in [-0.1, -0.05) is 12.8 Å². The van der Waals surface area contributed by atoms with Crippen molar-refractivity contribution in [3.63, 3.8) is 0 Å². The van der Waals surface area contributed by atoms with Gasteiger partial charge in [-0.2, -0.15) is 0 Å². The van der Waals surface area contributed by atoms with E-state index in [1.54, 1.807) is 11.8 Å². The molecule has 0 radical (unpaired) electrons. The third-order valence-corrected chi connectivity index (χ3v) is 3.92. The Balaban J connectivity index is 1.96. The van der Waals surface area contributed by atoms with Gasteiger partial charge in [0.15, 0.2) is 0 Å². The summed E-state index contributed by atoms with van der Waals surface area (Å²) in [6.07, 6.45) is 3.05. The SMILES string of the molecule is CC1(O)CN(C(=O)CC2(C(=O)O)CCCC2)C1. The number of amides is 1. The summed E-state index contributed by atoms with van der Waals surface area (Å²) in [4.78, 5) is 24.8. The summed E-state index contributed by atoms with van der Waals surface area (Å²) in [7, 11) is 0. The first-order valence-electron chi connectivity index (χ1n) is 6.08. The Morgan fingerprint density at radius 2 is 1.76 bits per heavy atom. The zero-order valence-electron chi connectivity index (χ0n) is 10.1. The number of hydrogen-bond donors (Lipinski definition) is 2. The molecule has 1 saturated heterocycles. The normalized spacial score (nSPS) is 25.4. The number of aliphatic carboxylic acids is 1. The number of carboxylic acids is 1. The van der Waals surface area contributed by atoms with Crippen LogP contribution in [0.1, 0.15) is 39.0 Å². The van der Waals surface area contributed by atoms with Gasteiger partial charge in [0.1, 0.15) is 0 Å². The maximum Gasteiger partial charge on any atom is 0.310 e. The molecule has 1 amide bonds. The van der Waals surface area contributed by atoms with Crippen LogP contribution in [0.25, 0.3) is 0 Å². The quantitative estimate of drug-likeness (QED) is 0.759. The van der Waals surface area contributed by atoms with Crippen LogP contribution in [0.3, 0.4) is 0 Å². The summed E-state index contributed by atoms with van der Waals surface area (Å²) < 4.78 is 0. The van der Waals surface area contributed by atoms with Crippen LogP contribution in [0, 0.1) is 5.41 Å². The molecule has 1 saturated carbocycles. The van der Waals surface area contributed by atoms with E-state index >= 15 is 0 Å². The molecule has 2 aliphatic rings. The molecular weight excluding hydrogens is 222 g/mol. The zero-order valence-corrected chi connectivity index (χ0v) is 10.1. The number of hydrogen-bond acceptors (Lipinski definition) is 3. The van der Waals surface area contributed by atoms with Gasteiger partial charge in [-0.15, -0.1) is 0 Å². The van der Waals surface area contributed by atoms with E-state index in [4.69, 9.17) is 0 Å². The zero-order chi connectivity index (χ0) is 12.7. The molecule has 5 nitrogen and oxygen atoms in total. The predicted molar refractivity (Wildman–Crippen MR) is 60.4 cm³/mol. The van der Waals surface area contributed by atoms with Gasteiger partial charge in [-0.3, -0.25) is 9.59 Å². The van der Waals surface area contributed by atoms with Crippen LogP contribution in [0.5, 0.6) is 0 Å². The van der Waals surface area contributed by atoms with Gasteiger partial charge in [0.2, 0.25) is 5.91 Å². The summed E-state index contributed by atoms with van der Waals surface area (Å²) in [5.41, 5.74) is -1.64. The molecule has 0 bridgehead atoms. The molecular formula is C12H19NO4. The van der Waals surface area contributed by atoms with Crippen LogP contribution in [0.15, 0.2) is 0 Å². The lowest BCUT2D eigenvalue weighted by Gasteiger charge is -2.45. The van der Waals surface area contributed by atoms with Crippen LogP contribution in [0.2, 0.25) is 0 Å². The topological polar surface area (TPSA) is 77.8 Å². The predicted octanol–water partition coefficient (Wildman–Crippen LogP) is 0.615. The number of aliphatic hydroxyl groups is 1. The number of nitrogens with zero attached hydrogens (tertiary/aromatic N) is 1. The second-order valence-corrected chi connectivity index (χ2v) is 5.72. The van der Waals surface area contributed by atoms with Gasteiger partial charge in [0.05, 0.1) is 24.1 Å². The van der Waals surface area contributed by atoms with Crippen molar-refractivity contribution in [2.45, 2.75) is 44.6 Å². The number of carbonyl (C=O) groups is 2. The van der Waals surface area contributed by atoms with E-state index in [9.17, 15) is 19.8 Å². The van der Waals surface area contributed by atoms with Crippen LogP contribution < -0.4 is 0 Å². The third-order valence-electron chi connectivity index (χ3n) is 3.92. The fourth-order valence-electron chi connectivity index (χ4n) is 2.87. The number of carboxylic acid groups (broad SMARTS) is 1. The van der Waals surface area contributed by atoms with Gasteiger partial charge in [0, 0.05) is 6.42 Å². The van der Waals surface area contributed by atoms with Crippen LogP contribution in [-0.4, -0.2) is 45.7 Å². The minimum Gasteiger partial charge on any atom is -0.481 e. The van der Waals surface area contributed by atoms with Gasteiger partial charge in [-0.05, 0) is 19.8 Å². The van der Waals surface area contributed by atoms with Crippen molar-refractivity contribution in [2.24, 2.45) is 5.41 Å². The maximum atomic E-state index is 11.9. The minimum absolute atomic E-state index is 0.0818. The van der Waals surface area contributed by atoms with E-state index in [0.717, 1.165) is 12.8 Å². The van der Waals surface area contributed by atoms with Crippen LogP contribution in [0.4, 0.5) is 0 Å². The van der Waals surface area contributed by atoms with Gasteiger partial charge in [-0.25, -0.2) is 0 Å². The molecule has 0 unspecified atom stereocenters. The molecule has 1 aliphatic carbocycles. The van der Waals surface area contributed by atoms with Crippen molar-refractivity contribution in [1.82, 2.24) is 4.90 Å². The lowest BCUT2D eigenvalue weighted by molar-refractivity contribution is -0.161. The number of β-amino-alcohol motifs (C(OH)–C–C–N with tert-alkyl or cyclic N) is 1. The highest BCUT2D eigenvalue weighted by Crippen LogP contribution is 2.42. The van der Waals surface area contributed by atoms with Gasteiger partial charge in [0.25, 0.3) is 0 Å². The molecule has 0 aromatic heterocycles. The van der Waals surface area contributed by atoms with Crippen molar-refractivity contribution in [2.75, 3.05) is 13.1 Å². The second kappa shape index (κ2) is 3.98. The van der Waals surface area contributed by atoms with Gasteiger partial charge < -0.3 is 15.1 Å². The summed E-state index contributed by atoms with van der Waals surface area (Å²) in [5.74, 6) is -0.989. The molecule has 0 aromatic rings. The first-order valence-corrected chi connectivity index (χ1v) is 6.08. The average Bonchev–Trinajstić information content (AvgIpc) is 2.63. The van der Waals surface area contributed by atoms with E-state index < -0.39 is 17.0 Å². The molecule has 5 heteroatoms. The Bertz CT molecular complexity index is 336. The summed E-state index contributed by atoms with van der Waals surface area (Å²) in [6.45, 7) is 2.32. The monoisotopic (exact) mass is 241 g/mol. The van der Waals surface area contributed by atoms with E-state index in [2.05, 4.69) is 0 Å². The summed E-state index contributed by atoms with van der Waals surface area (Å²) in [5, 5.41) is 18.8. The lowest BCUT2D eigenvalue weighted by atomic mass is 9.81. The highest BCUT2D eigenvalue weighted by Gasteiger charge is 2.46. The Kier molecular flexibility index (Phi) is 2.89. The van der Waals surface area contributed by atoms with Crippen molar-refractivity contribution in [1.29, 1.82) is 0 Å². The molecule has 0 atom stereocenters. The highest BCUT2D eigenvalue weighted by molar-refractivity contribution is 5.85. The van der Waals surface area contributed by atoms with E-state index in [1.807, 2.05) is 0 Å². The molecule has 96 valence electrons. The Labute approximate surface area is 100 Å². The van der Waals surface area contributed by atoms with Crippen molar-refractivity contribution < 1.29 is 19.8 Å². The molecule has 17 heavy (non-hydrogen) atoms. The number of carbonyl (C=O) groups excluding carboxylic acids is 1. The highest BCUT2D eigenvalue weighted by atomic mass is 16.4. The molecule has 2 rings (SSSR count).